The molecular weight excluding hydrogens is 320 g/mol. The van der Waals surface area contributed by atoms with Crippen molar-refractivity contribution in [1.29, 1.82) is 0 Å². The van der Waals surface area contributed by atoms with Crippen LogP contribution < -0.4 is 5.32 Å². The molecule has 0 aromatic rings. The number of amides is 1. The lowest BCUT2D eigenvalue weighted by atomic mass is 9.77. The summed E-state index contributed by atoms with van der Waals surface area (Å²) in [5.74, 6) is -0.869. The predicted molar refractivity (Wildman–Crippen MR) is 80.4 cm³/mol. The third-order valence-corrected chi connectivity index (χ3v) is 5.10. The number of halogens is 1. The SMILES string of the molecule is CS(=O)(=O)N1CCN[C@H](C(=O)N2CCC[C@H]2B(O)O)C1.Cl. The number of hydrogen-bond donors (Lipinski definition) is 3. The van der Waals surface area contributed by atoms with E-state index in [1.807, 2.05) is 0 Å². The van der Waals surface area contributed by atoms with Crippen molar-refractivity contribution in [3.63, 3.8) is 0 Å². The van der Waals surface area contributed by atoms with Crippen molar-refractivity contribution < 1.29 is 23.3 Å². The van der Waals surface area contributed by atoms with E-state index in [-0.39, 0.29) is 24.9 Å². The third-order valence-electron chi connectivity index (χ3n) is 3.83. The second-order valence-corrected chi connectivity index (χ2v) is 7.26. The van der Waals surface area contributed by atoms with Crippen molar-refractivity contribution in [3.8, 4) is 0 Å². The molecule has 0 unspecified atom stereocenters. The molecule has 2 rings (SSSR count). The summed E-state index contributed by atoms with van der Waals surface area (Å²) < 4.78 is 24.4. The van der Waals surface area contributed by atoms with Gasteiger partial charge in [-0.05, 0) is 12.8 Å². The van der Waals surface area contributed by atoms with Gasteiger partial charge in [0.15, 0.2) is 0 Å². The first-order valence-electron chi connectivity index (χ1n) is 6.66. The quantitative estimate of drug-likeness (QED) is 0.496. The Morgan fingerprint density at radius 3 is 2.57 bits per heavy atom. The maximum atomic E-state index is 12.4. The molecule has 0 aliphatic carbocycles. The Kier molecular flexibility index (Phi) is 6.44. The Labute approximate surface area is 131 Å². The number of piperazine rings is 1. The number of carbonyl (C=O) groups is 1. The zero-order valence-electron chi connectivity index (χ0n) is 11.8. The maximum absolute atomic E-state index is 12.4. The molecule has 2 aliphatic heterocycles. The number of nitrogens with one attached hydrogen (secondary N) is 1. The van der Waals surface area contributed by atoms with Crippen LogP contribution in [0.4, 0.5) is 0 Å². The second-order valence-electron chi connectivity index (χ2n) is 5.28. The summed E-state index contributed by atoms with van der Waals surface area (Å²) in [5, 5.41) is 21.6. The summed E-state index contributed by atoms with van der Waals surface area (Å²) in [5.41, 5.74) is 0. The first-order chi connectivity index (χ1) is 9.30. The molecule has 0 spiro atoms. The second kappa shape index (κ2) is 7.25. The zero-order chi connectivity index (χ0) is 14.9. The van der Waals surface area contributed by atoms with E-state index in [1.54, 1.807) is 0 Å². The molecular formula is C10H21BClN3O5S. The highest BCUT2D eigenvalue weighted by Crippen LogP contribution is 2.20. The van der Waals surface area contributed by atoms with Crippen LogP contribution in [0.5, 0.6) is 0 Å². The molecule has 21 heavy (non-hydrogen) atoms. The van der Waals surface area contributed by atoms with E-state index in [9.17, 15) is 23.3 Å². The Morgan fingerprint density at radius 1 is 1.33 bits per heavy atom. The van der Waals surface area contributed by atoms with Crippen molar-refractivity contribution in [3.05, 3.63) is 0 Å². The van der Waals surface area contributed by atoms with Gasteiger partial charge in [-0.2, -0.15) is 4.31 Å². The van der Waals surface area contributed by atoms with Crippen LogP contribution in [-0.2, 0) is 14.8 Å². The Hall–Kier alpha value is -0.385. The Bertz CT molecular complexity index is 477. The average Bonchev–Trinajstić information content (AvgIpc) is 2.86. The number of carbonyl (C=O) groups excluding carboxylic acids is 1. The Balaban J connectivity index is 0.00000220. The molecule has 1 amide bonds. The highest BCUT2D eigenvalue weighted by atomic mass is 35.5. The van der Waals surface area contributed by atoms with Gasteiger partial charge in [-0.15, -0.1) is 12.4 Å². The van der Waals surface area contributed by atoms with Crippen molar-refractivity contribution in [2.45, 2.75) is 24.8 Å². The monoisotopic (exact) mass is 341 g/mol. The summed E-state index contributed by atoms with van der Waals surface area (Å²) >= 11 is 0. The van der Waals surface area contributed by atoms with Gasteiger partial charge in [0.2, 0.25) is 15.9 Å². The van der Waals surface area contributed by atoms with Crippen LogP contribution in [-0.4, -0.2) is 85.1 Å². The smallest absolute Gasteiger partial charge is 0.426 e. The fourth-order valence-electron chi connectivity index (χ4n) is 2.77. The lowest BCUT2D eigenvalue weighted by Gasteiger charge is -2.35. The third kappa shape index (κ3) is 4.30. The van der Waals surface area contributed by atoms with Gasteiger partial charge in [-0.1, -0.05) is 0 Å². The fraction of sp³-hybridized carbons (Fsp3) is 0.900. The first kappa shape index (κ1) is 18.7. The van der Waals surface area contributed by atoms with Gasteiger partial charge in [-0.3, -0.25) is 4.79 Å². The van der Waals surface area contributed by atoms with Crippen LogP contribution in [0.3, 0.4) is 0 Å². The lowest BCUT2D eigenvalue weighted by Crippen LogP contribution is -2.60. The van der Waals surface area contributed by atoms with E-state index in [0.29, 0.717) is 26.1 Å². The minimum Gasteiger partial charge on any atom is -0.426 e. The van der Waals surface area contributed by atoms with Gasteiger partial charge in [0.05, 0.1) is 12.2 Å². The van der Waals surface area contributed by atoms with E-state index in [4.69, 9.17) is 0 Å². The highest BCUT2D eigenvalue weighted by Gasteiger charge is 2.40. The molecule has 0 radical (unpaired) electrons. The molecule has 0 aromatic carbocycles. The van der Waals surface area contributed by atoms with Crippen molar-refractivity contribution >= 4 is 35.5 Å². The number of nitrogens with zero attached hydrogens (tertiary/aromatic N) is 2. The first-order valence-corrected chi connectivity index (χ1v) is 8.50. The van der Waals surface area contributed by atoms with Crippen LogP contribution in [0.1, 0.15) is 12.8 Å². The predicted octanol–water partition coefficient (Wildman–Crippen LogP) is -2.36. The van der Waals surface area contributed by atoms with Gasteiger partial charge in [0.25, 0.3) is 0 Å². The lowest BCUT2D eigenvalue weighted by molar-refractivity contribution is -0.134. The van der Waals surface area contributed by atoms with Crippen molar-refractivity contribution in [2.24, 2.45) is 0 Å². The summed E-state index contributed by atoms with van der Waals surface area (Å²) in [6.07, 6.45) is 2.39. The average molecular weight is 342 g/mol. The largest absolute Gasteiger partial charge is 0.475 e. The maximum Gasteiger partial charge on any atom is 0.475 e. The molecule has 2 fully saturated rings. The van der Waals surface area contributed by atoms with Gasteiger partial charge >= 0.3 is 7.12 Å². The molecule has 0 saturated carbocycles. The molecule has 2 aliphatic rings. The van der Waals surface area contributed by atoms with Gasteiger partial charge in [0, 0.05) is 26.2 Å². The molecule has 3 N–H and O–H groups in total. The number of rotatable bonds is 3. The Morgan fingerprint density at radius 2 is 2.00 bits per heavy atom. The van der Waals surface area contributed by atoms with Crippen LogP contribution in [0.25, 0.3) is 0 Å². The summed E-state index contributed by atoms with van der Waals surface area (Å²) in [6, 6.07) is -0.627. The van der Waals surface area contributed by atoms with E-state index >= 15 is 0 Å². The fourth-order valence-corrected chi connectivity index (χ4v) is 3.61. The standard InChI is InChI=1S/C10H20BN3O5S.ClH/c1-20(18,19)13-6-4-12-8(7-13)10(15)14-5-2-3-9(14)11(16)17;/h8-9,12,16-17H,2-7H2,1H3;1H/t8-,9-;/m0./s1. The van der Waals surface area contributed by atoms with Gasteiger partial charge in [0.1, 0.15) is 6.04 Å². The molecule has 2 atom stereocenters. The molecule has 2 heterocycles. The molecule has 122 valence electrons. The summed E-state index contributed by atoms with van der Waals surface area (Å²) in [4.78, 5) is 13.8. The van der Waals surface area contributed by atoms with E-state index in [0.717, 1.165) is 12.7 Å². The van der Waals surface area contributed by atoms with Crippen LogP contribution >= 0.6 is 12.4 Å². The summed E-state index contributed by atoms with van der Waals surface area (Å²) in [7, 11) is -4.88. The van der Waals surface area contributed by atoms with Gasteiger partial charge < -0.3 is 20.3 Å². The van der Waals surface area contributed by atoms with Crippen LogP contribution in [0, 0.1) is 0 Å². The van der Waals surface area contributed by atoms with Crippen LogP contribution in [0.15, 0.2) is 0 Å². The normalized spacial score (nSPS) is 27.3. The molecule has 0 bridgehead atoms. The minimum atomic E-state index is -3.32. The molecule has 2 saturated heterocycles. The summed E-state index contributed by atoms with van der Waals surface area (Å²) in [6.45, 7) is 1.30. The van der Waals surface area contributed by atoms with E-state index in [2.05, 4.69) is 5.32 Å². The molecule has 0 aromatic heterocycles. The number of sulfonamides is 1. The molecule has 8 nitrogen and oxygen atoms in total. The topological polar surface area (TPSA) is 110 Å². The van der Waals surface area contributed by atoms with Gasteiger partial charge in [-0.25, -0.2) is 8.42 Å². The number of hydrogen-bond acceptors (Lipinski definition) is 6. The minimum absolute atomic E-state index is 0. The molecule has 11 heteroatoms. The number of likely N-dealkylation sites (tertiary alicyclic amines) is 1. The van der Waals surface area contributed by atoms with Crippen molar-refractivity contribution in [1.82, 2.24) is 14.5 Å². The van der Waals surface area contributed by atoms with Crippen LogP contribution in [0.2, 0.25) is 0 Å². The van der Waals surface area contributed by atoms with E-state index in [1.165, 1.54) is 9.21 Å². The zero-order valence-corrected chi connectivity index (χ0v) is 13.4. The van der Waals surface area contributed by atoms with E-state index < -0.39 is 29.1 Å². The highest BCUT2D eigenvalue weighted by molar-refractivity contribution is 7.88. The van der Waals surface area contributed by atoms with Crippen molar-refractivity contribution in [2.75, 3.05) is 32.4 Å².